The number of anilines is 1. The Hall–Kier alpha value is -5.17. The molecule has 18 nitrogen and oxygen atoms in total. The number of carboxylic acid groups (broad SMARTS) is 1. The van der Waals surface area contributed by atoms with Gasteiger partial charge in [-0.2, -0.15) is 4.58 Å². The molecule has 6 rings (SSSR count). The van der Waals surface area contributed by atoms with E-state index in [2.05, 4.69) is 17.6 Å². The van der Waals surface area contributed by atoms with Crippen LogP contribution in [0.15, 0.2) is 119 Å². The maximum atomic E-state index is 13.0. The molecule has 0 aliphatic carbocycles. The van der Waals surface area contributed by atoms with Crippen LogP contribution in [0.2, 0.25) is 0 Å². The van der Waals surface area contributed by atoms with Crippen LogP contribution in [-0.2, 0) is 69.7 Å². The Morgan fingerprint density at radius 2 is 1.33 bits per heavy atom. The Bertz CT molecular complexity index is 3190. The van der Waals surface area contributed by atoms with Crippen molar-refractivity contribution in [3.05, 3.63) is 120 Å². The molecule has 0 aromatic heterocycles. The van der Waals surface area contributed by atoms with E-state index in [1.54, 1.807) is 32.4 Å². The second-order valence-corrected chi connectivity index (χ2v) is 23.0. The lowest BCUT2D eigenvalue weighted by Crippen LogP contribution is -2.32. The van der Waals surface area contributed by atoms with Crippen molar-refractivity contribution in [2.24, 2.45) is 0 Å². The van der Waals surface area contributed by atoms with E-state index in [0.29, 0.717) is 82.2 Å². The molecule has 0 saturated heterocycles. The number of benzene rings is 4. The van der Waals surface area contributed by atoms with Gasteiger partial charge in [-0.3, -0.25) is 4.79 Å². The summed E-state index contributed by atoms with van der Waals surface area (Å²) < 4.78 is 142. The molecule has 2 heterocycles. The molecule has 2 aliphatic rings. The molecule has 2 atom stereocenters. The Balaban J connectivity index is 1.39. The van der Waals surface area contributed by atoms with Gasteiger partial charge in [0, 0.05) is 74.1 Å². The summed E-state index contributed by atoms with van der Waals surface area (Å²) in [6.45, 7) is 7.32. The fraction of sp³-hybridized carbons (Fsp3) is 0.444. The Labute approximate surface area is 440 Å². The summed E-state index contributed by atoms with van der Waals surface area (Å²) in [6.07, 6.45) is 14.9. The molecule has 75 heavy (non-hydrogen) atoms. The van der Waals surface area contributed by atoms with E-state index in [0.717, 1.165) is 45.9 Å². The van der Waals surface area contributed by atoms with Crippen molar-refractivity contribution in [3.63, 3.8) is 0 Å². The third-order valence-corrected chi connectivity index (χ3v) is 16.1. The summed E-state index contributed by atoms with van der Waals surface area (Å²) in [5.74, 6) is -1.45. The van der Waals surface area contributed by atoms with Crippen molar-refractivity contribution in [1.82, 2.24) is 0 Å². The molecule has 4 aromatic rings. The molecule has 0 saturated carbocycles. The molecule has 0 fully saturated rings. The quantitative estimate of drug-likeness (QED) is 0.0226. The number of nitrogens with zero attached hydrogens (tertiary/aromatic N) is 2. The lowest BCUT2D eigenvalue weighted by molar-refractivity contribution is -0.441. The lowest BCUT2D eigenvalue weighted by Gasteiger charge is -2.31. The number of methoxy groups -OCH3 is 2. The molecule has 2 unspecified atom stereocenters. The number of hydrogen-bond acceptors (Lipinski definition) is 16. The van der Waals surface area contributed by atoms with Crippen LogP contribution in [0, 0.1) is 0 Å². The molecule has 21 heteroatoms. The Kier molecular flexibility index (Phi) is 20.7. The summed E-state index contributed by atoms with van der Waals surface area (Å²) in [7, 11) is -11.5. The second kappa shape index (κ2) is 26.3. The van der Waals surface area contributed by atoms with E-state index >= 15 is 0 Å². The van der Waals surface area contributed by atoms with Gasteiger partial charge in [-0.25, -0.2) is 25.3 Å². The summed E-state index contributed by atoms with van der Waals surface area (Å²) >= 11 is 0. The first-order chi connectivity index (χ1) is 35.7. The number of fused-ring (bicyclic) bond motifs is 6. The van der Waals surface area contributed by atoms with Crippen LogP contribution in [-0.4, -0.2) is 146 Å². The van der Waals surface area contributed by atoms with E-state index in [1.807, 2.05) is 66.5 Å². The highest BCUT2D eigenvalue weighted by atomic mass is 32.2. The van der Waals surface area contributed by atoms with Gasteiger partial charge in [0.15, 0.2) is 12.3 Å². The minimum Gasteiger partial charge on any atom is -0.748 e. The zero-order chi connectivity index (χ0) is 54.4. The van der Waals surface area contributed by atoms with E-state index in [1.165, 1.54) is 6.07 Å². The van der Waals surface area contributed by atoms with E-state index < -0.39 is 62.7 Å². The summed E-state index contributed by atoms with van der Waals surface area (Å²) in [5.41, 5.74) is 2.54. The largest absolute Gasteiger partial charge is 0.748 e. The normalized spacial score (nSPS) is 18.8. The van der Waals surface area contributed by atoms with Gasteiger partial charge in [-0.1, -0.05) is 67.1 Å². The topological polar surface area (TPSA) is 261 Å². The SMILES string of the molecule is COCCOCCOCCOCCC1(C)\C(=C/C=C/C=C/C=C/C2=[N+](CCOC)c3ccc4ccccc4c3C2(C)CCCS(=O)(=O)[O-])N(CCCCCC(=O)O)c2cc(S(=O)(=O)[O-])c3ccc(S(=O)(=O)[O-])cc3c21. The monoisotopic (exact) mass is 1090 g/mol. The number of carboxylic acids is 1. The first kappa shape index (κ1) is 59.1. The summed E-state index contributed by atoms with van der Waals surface area (Å²) in [6, 6.07) is 16.6. The third kappa shape index (κ3) is 14.9. The highest BCUT2D eigenvalue weighted by molar-refractivity contribution is 7.86. The van der Waals surface area contributed by atoms with Gasteiger partial charge in [0.1, 0.15) is 26.8 Å². The van der Waals surface area contributed by atoms with E-state index in [4.69, 9.17) is 23.7 Å². The molecule has 2 aliphatic heterocycles. The molecule has 0 spiro atoms. The number of hydrogen-bond donors (Lipinski definition) is 1. The molecular formula is C54H66N2O16S3-2. The predicted molar refractivity (Wildman–Crippen MR) is 282 cm³/mol. The first-order valence-electron chi connectivity index (χ1n) is 24.7. The highest BCUT2D eigenvalue weighted by Crippen LogP contribution is 2.54. The van der Waals surface area contributed by atoms with Gasteiger partial charge < -0.3 is 47.3 Å². The molecule has 0 bridgehead atoms. The number of ether oxygens (including phenoxy) is 5. The van der Waals surface area contributed by atoms with Crippen molar-refractivity contribution < 1.29 is 77.1 Å². The van der Waals surface area contributed by atoms with Gasteiger partial charge in [-0.05, 0) is 103 Å². The number of aliphatic carboxylic acids is 1. The second-order valence-electron chi connectivity index (χ2n) is 18.7. The van der Waals surface area contributed by atoms with Crippen LogP contribution >= 0.6 is 0 Å². The van der Waals surface area contributed by atoms with Gasteiger partial charge in [-0.15, -0.1) is 0 Å². The minimum atomic E-state index is -5.16. The zero-order valence-electron chi connectivity index (χ0n) is 42.7. The zero-order valence-corrected chi connectivity index (χ0v) is 45.2. The lowest BCUT2D eigenvalue weighted by atomic mass is 9.74. The maximum absolute atomic E-state index is 13.0. The van der Waals surface area contributed by atoms with Crippen LogP contribution in [0.5, 0.6) is 0 Å². The fourth-order valence-corrected chi connectivity index (χ4v) is 11.9. The fourth-order valence-electron chi connectivity index (χ4n) is 10.2. The summed E-state index contributed by atoms with van der Waals surface area (Å²) in [4.78, 5) is 12.0. The average Bonchev–Trinajstić information content (AvgIpc) is 3.73. The smallest absolute Gasteiger partial charge is 0.303 e. The van der Waals surface area contributed by atoms with Crippen molar-refractivity contribution >= 4 is 75.0 Å². The van der Waals surface area contributed by atoms with Gasteiger partial charge in [0.25, 0.3) is 0 Å². The van der Waals surface area contributed by atoms with E-state index in [9.17, 15) is 48.8 Å². The number of allylic oxidation sites excluding steroid dienone is 8. The van der Waals surface area contributed by atoms with Gasteiger partial charge in [0.2, 0.25) is 5.69 Å². The van der Waals surface area contributed by atoms with Crippen LogP contribution < -0.4 is 4.90 Å². The van der Waals surface area contributed by atoms with Crippen molar-refractivity contribution in [2.45, 2.75) is 79.4 Å². The van der Waals surface area contributed by atoms with E-state index in [-0.39, 0.29) is 56.4 Å². The van der Waals surface area contributed by atoms with Gasteiger partial charge in [0.05, 0.1) is 65.0 Å². The molecule has 4 aromatic carbocycles. The predicted octanol–water partition coefficient (Wildman–Crippen LogP) is 7.19. The van der Waals surface area contributed by atoms with Crippen molar-refractivity contribution in [1.29, 1.82) is 0 Å². The van der Waals surface area contributed by atoms with Crippen LogP contribution in [0.4, 0.5) is 11.4 Å². The highest BCUT2D eigenvalue weighted by Gasteiger charge is 2.49. The number of carbonyl (C=O) groups is 1. The molecule has 0 radical (unpaired) electrons. The minimum absolute atomic E-state index is 0.0546. The van der Waals surface area contributed by atoms with Crippen LogP contribution in [0.1, 0.15) is 69.9 Å². The van der Waals surface area contributed by atoms with Crippen molar-refractivity contribution in [2.75, 3.05) is 90.8 Å². The van der Waals surface area contributed by atoms with Crippen LogP contribution in [0.3, 0.4) is 0 Å². The maximum Gasteiger partial charge on any atom is 0.303 e. The Morgan fingerprint density at radius 3 is 2.00 bits per heavy atom. The third-order valence-electron chi connectivity index (χ3n) is 13.6. The number of rotatable bonds is 31. The average molecular weight is 1100 g/mol. The van der Waals surface area contributed by atoms with Gasteiger partial charge >= 0.3 is 5.97 Å². The van der Waals surface area contributed by atoms with Crippen LogP contribution in [0.25, 0.3) is 21.5 Å². The molecule has 408 valence electrons. The molecular weight excluding hydrogens is 1030 g/mol. The summed E-state index contributed by atoms with van der Waals surface area (Å²) in [5, 5.41) is 11.4. The first-order valence-corrected chi connectivity index (χ1v) is 29.1. The number of unbranched alkanes of at least 4 members (excludes halogenated alkanes) is 2. The molecule has 1 N–H and O–H groups in total. The Morgan fingerprint density at radius 1 is 0.667 bits per heavy atom. The van der Waals surface area contributed by atoms with Crippen molar-refractivity contribution in [3.8, 4) is 0 Å². The standard InChI is InChI=1S/C54H68N2O16S3/c1-53(25-15-37-73(59,60)61)48(56(28-30-68-3)45-24-21-40-16-12-13-17-42(40)51(45)53)18-9-6-5-7-10-19-49-54(2,26-29-70-33-34-72-36-35-71-32-31-69-4)52-44-38-41(74(62,63)64)22-23-43(44)47(75(65,66)67)39-46(52)55(49)27-14-8-11-20-50(57)58/h5-7,9-10,12-13,16-19,21-24,38-39H,8,11,14-15,20,25-37H2,1-4H3,(H3-,57,58,59,60,61,62,63,64,65,66,67)/p-2. The molecule has 0 amide bonds.